The Bertz CT molecular complexity index is 347. The van der Waals surface area contributed by atoms with E-state index in [1.165, 1.54) is 0 Å². The summed E-state index contributed by atoms with van der Waals surface area (Å²) in [5.41, 5.74) is 6.87. The molecule has 3 N–H and O–H groups in total. The van der Waals surface area contributed by atoms with Crippen LogP contribution in [0, 0.1) is 0 Å². The monoisotopic (exact) mass is 206 g/mol. The van der Waals surface area contributed by atoms with E-state index < -0.39 is 0 Å². The van der Waals surface area contributed by atoms with Crippen LogP contribution >= 0.6 is 0 Å². The summed E-state index contributed by atoms with van der Waals surface area (Å²) < 4.78 is 0. The maximum absolute atomic E-state index is 11.2. The number of carbonyl (C=O) groups excluding carboxylic acids is 1. The van der Waals surface area contributed by atoms with Crippen LogP contribution in [-0.4, -0.2) is 11.9 Å². The van der Waals surface area contributed by atoms with Crippen molar-refractivity contribution in [2.75, 3.05) is 0 Å². The number of hydrogen-bond donors (Lipinski definition) is 2. The highest BCUT2D eigenvalue weighted by atomic mass is 16.1. The second-order valence-corrected chi connectivity index (χ2v) is 3.99. The second kappa shape index (κ2) is 4.94. The zero-order valence-corrected chi connectivity index (χ0v) is 9.45. The van der Waals surface area contributed by atoms with E-state index in [9.17, 15) is 4.79 Å². The zero-order valence-electron chi connectivity index (χ0n) is 9.45. The average Bonchev–Trinajstić information content (AvgIpc) is 2.16. The fraction of sp³-hybridized carbons (Fsp3) is 0.417. The summed E-state index contributed by atoms with van der Waals surface area (Å²) in [6.07, 6.45) is 0. The molecule has 0 aliphatic carbocycles. The van der Waals surface area contributed by atoms with Crippen molar-refractivity contribution in [1.29, 1.82) is 0 Å². The van der Waals surface area contributed by atoms with Gasteiger partial charge in [0.15, 0.2) is 0 Å². The van der Waals surface area contributed by atoms with Gasteiger partial charge in [-0.1, -0.05) is 32.0 Å². The standard InChI is InChI=1S/C12H18N2O/c1-8(2)14-9(3)10-6-4-5-7-11(10)12(13)15/h4-9,14H,1-3H3,(H2,13,15). The quantitative estimate of drug-likeness (QED) is 0.789. The van der Waals surface area contributed by atoms with Gasteiger partial charge in [-0.15, -0.1) is 0 Å². The molecule has 82 valence electrons. The Labute approximate surface area is 90.7 Å². The van der Waals surface area contributed by atoms with Crippen molar-refractivity contribution in [3.63, 3.8) is 0 Å². The molecular formula is C12H18N2O. The van der Waals surface area contributed by atoms with Crippen LogP contribution in [0.3, 0.4) is 0 Å². The Morgan fingerprint density at radius 2 is 1.87 bits per heavy atom. The summed E-state index contributed by atoms with van der Waals surface area (Å²) in [4.78, 5) is 11.2. The second-order valence-electron chi connectivity index (χ2n) is 3.99. The zero-order chi connectivity index (χ0) is 11.4. The van der Waals surface area contributed by atoms with Crippen LogP contribution in [-0.2, 0) is 0 Å². The summed E-state index contributed by atoms with van der Waals surface area (Å²) in [7, 11) is 0. The van der Waals surface area contributed by atoms with E-state index in [-0.39, 0.29) is 11.9 Å². The van der Waals surface area contributed by atoms with Gasteiger partial charge >= 0.3 is 0 Å². The fourth-order valence-electron chi connectivity index (χ4n) is 1.69. The molecule has 0 aliphatic heterocycles. The number of primary amides is 1. The van der Waals surface area contributed by atoms with E-state index in [1.54, 1.807) is 6.07 Å². The molecule has 0 saturated carbocycles. The molecule has 3 heteroatoms. The predicted molar refractivity (Wildman–Crippen MR) is 61.6 cm³/mol. The molecule has 0 fully saturated rings. The molecule has 0 heterocycles. The molecule has 0 spiro atoms. The van der Waals surface area contributed by atoms with Gasteiger partial charge in [-0.3, -0.25) is 4.79 Å². The van der Waals surface area contributed by atoms with Crippen LogP contribution in [0.4, 0.5) is 0 Å². The van der Waals surface area contributed by atoms with Gasteiger partial charge in [0.2, 0.25) is 5.91 Å². The lowest BCUT2D eigenvalue weighted by Crippen LogP contribution is -2.28. The van der Waals surface area contributed by atoms with Crippen LogP contribution < -0.4 is 11.1 Å². The number of carbonyl (C=O) groups is 1. The van der Waals surface area contributed by atoms with E-state index in [1.807, 2.05) is 25.1 Å². The van der Waals surface area contributed by atoms with Crippen LogP contribution in [0.1, 0.15) is 42.7 Å². The number of nitrogens with two attached hydrogens (primary N) is 1. The molecule has 15 heavy (non-hydrogen) atoms. The maximum atomic E-state index is 11.2. The number of rotatable bonds is 4. The molecule has 3 nitrogen and oxygen atoms in total. The van der Waals surface area contributed by atoms with Gasteiger partial charge in [0.25, 0.3) is 0 Å². The SMILES string of the molecule is CC(C)NC(C)c1ccccc1C(N)=O. The number of nitrogens with one attached hydrogen (secondary N) is 1. The normalized spacial score (nSPS) is 12.8. The average molecular weight is 206 g/mol. The molecule has 0 radical (unpaired) electrons. The van der Waals surface area contributed by atoms with E-state index in [0.29, 0.717) is 11.6 Å². The van der Waals surface area contributed by atoms with Crippen molar-refractivity contribution < 1.29 is 4.79 Å². The molecule has 0 aliphatic rings. The lowest BCUT2D eigenvalue weighted by atomic mass is 10.0. The van der Waals surface area contributed by atoms with Gasteiger partial charge in [0.05, 0.1) is 0 Å². The first kappa shape index (κ1) is 11.7. The van der Waals surface area contributed by atoms with Crippen LogP contribution in [0.25, 0.3) is 0 Å². The molecule has 1 aromatic rings. The van der Waals surface area contributed by atoms with Crippen LogP contribution in [0.2, 0.25) is 0 Å². The first-order valence-corrected chi connectivity index (χ1v) is 5.17. The van der Waals surface area contributed by atoms with Gasteiger partial charge < -0.3 is 11.1 Å². The van der Waals surface area contributed by atoms with Crippen LogP contribution in [0.15, 0.2) is 24.3 Å². The molecule has 1 atom stereocenters. The third kappa shape index (κ3) is 3.06. The van der Waals surface area contributed by atoms with Gasteiger partial charge in [-0.05, 0) is 18.6 Å². The third-order valence-electron chi connectivity index (χ3n) is 2.28. The number of hydrogen-bond acceptors (Lipinski definition) is 2. The summed E-state index contributed by atoms with van der Waals surface area (Å²) >= 11 is 0. The topological polar surface area (TPSA) is 55.1 Å². The van der Waals surface area contributed by atoms with E-state index in [2.05, 4.69) is 19.2 Å². The Balaban J connectivity index is 2.97. The van der Waals surface area contributed by atoms with Crippen molar-refractivity contribution in [3.8, 4) is 0 Å². The Morgan fingerprint density at radius 3 is 2.40 bits per heavy atom. The van der Waals surface area contributed by atoms with E-state index >= 15 is 0 Å². The highest BCUT2D eigenvalue weighted by Gasteiger charge is 2.13. The first-order valence-electron chi connectivity index (χ1n) is 5.17. The summed E-state index contributed by atoms with van der Waals surface area (Å²) in [5.74, 6) is -0.372. The lowest BCUT2D eigenvalue weighted by Gasteiger charge is -2.19. The van der Waals surface area contributed by atoms with E-state index in [0.717, 1.165) is 5.56 Å². The molecule has 0 aromatic heterocycles. The molecule has 0 saturated heterocycles. The minimum Gasteiger partial charge on any atom is -0.366 e. The molecule has 1 unspecified atom stereocenters. The first-order chi connectivity index (χ1) is 7.02. The minimum absolute atomic E-state index is 0.133. The van der Waals surface area contributed by atoms with Crippen molar-refractivity contribution in [3.05, 3.63) is 35.4 Å². The summed E-state index contributed by atoms with van der Waals surface area (Å²) in [6.45, 7) is 6.18. The Kier molecular flexibility index (Phi) is 3.86. The summed E-state index contributed by atoms with van der Waals surface area (Å²) in [5, 5.41) is 3.35. The molecular weight excluding hydrogens is 188 g/mol. The smallest absolute Gasteiger partial charge is 0.249 e. The van der Waals surface area contributed by atoms with Crippen molar-refractivity contribution in [2.45, 2.75) is 32.9 Å². The van der Waals surface area contributed by atoms with Crippen molar-refractivity contribution in [1.82, 2.24) is 5.32 Å². The van der Waals surface area contributed by atoms with Crippen molar-refractivity contribution in [2.24, 2.45) is 5.73 Å². The number of benzene rings is 1. The fourth-order valence-corrected chi connectivity index (χ4v) is 1.69. The highest BCUT2D eigenvalue weighted by Crippen LogP contribution is 2.17. The Hall–Kier alpha value is -1.35. The van der Waals surface area contributed by atoms with Gasteiger partial charge in [0.1, 0.15) is 0 Å². The van der Waals surface area contributed by atoms with Crippen molar-refractivity contribution >= 4 is 5.91 Å². The molecule has 1 rings (SSSR count). The molecule has 1 aromatic carbocycles. The maximum Gasteiger partial charge on any atom is 0.249 e. The highest BCUT2D eigenvalue weighted by molar-refractivity contribution is 5.94. The minimum atomic E-state index is -0.372. The number of amides is 1. The van der Waals surface area contributed by atoms with Gasteiger partial charge in [-0.25, -0.2) is 0 Å². The summed E-state index contributed by atoms with van der Waals surface area (Å²) in [6, 6.07) is 7.94. The Morgan fingerprint density at radius 1 is 1.27 bits per heavy atom. The predicted octanol–water partition coefficient (Wildman–Crippen LogP) is 1.84. The third-order valence-corrected chi connectivity index (χ3v) is 2.28. The molecule has 1 amide bonds. The van der Waals surface area contributed by atoms with Gasteiger partial charge in [0, 0.05) is 17.6 Å². The van der Waals surface area contributed by atoms with Crippen LogP contribution in [0.5, 0.6) is 0 Å². The molecule has 0 bridgehead atoms. The van der Waals surface area contributed by atoms with E-state index in [4.69, 9.17) is 5.73 Å². The largest absolute Gasteiger partial charge is 0.366 e. The van der Waals surface area contributed by atoms with Gasteiger partial charge in [-0.2, -0.15) is 0 Å². The lowest BCUT2D eigenvalue weighted by molar-refractivity contribution is 0.0998.